The van der Waals surface area contributed by atoms with E-state index < -0.39 is 0 Å². The minimum Gasteiger partial charge on any atom is -0.387 e. The topological polar surface area (TPSA) is 67.7 Å². The van der Waals surface area contributed by atoms with Gasteiger partial charge in [-0.3, -0.25) is 5.41 Å². The lowest BCUT2D eigenvalue weighted by molar-refractivity contribution is 0.670. The number of rotatable bonds is 4. The molecule has 3 rings (SSSR count). The highest BCUT2D eigenvalue weighted by Crippen LogP contribution is 2.20. The maximum Gasteiger partial charge on any atom is 0.1000 e. The number of benzene rings is 2. The molecule has 0 fully saturated rings. The van der Waals surface area contributed by atoms with Crippen LogP contribution >= 0.6 is 0 Å². The van der Waals surface area contributed by atoms with Crippen LogP contribution in [0, 0.1) is 5.41 Å². The number of nitrogens with one attached hydrogen (secondary N) is 1. The summed E-state index contributed by atoms with van der Waals surface area (Å²) < 4.78 is 2.05. The molecule has 1 unspecified atom stereocenters. The molecule has 3 N–H and O–H groups in total. The first-order valence-electron chi connectivity index (χ1n) is 6.54. The summed E-state index contributed by atoms with van der Waals surface area (Å²) in [6.07, 6.45) is 1.81. The summed E-state index contributed by atoms with van der Waals surface area (Å²) in [5.74, 6) is 0.0442. The molecule has 4 heteroatoms. The first-order chi connectivity index (χ1) is 9.75. The third-order valence-corrected chi connectivity index (χ3v) is 3.48. The van der Waals surface area contributed by atoms with E-state index in [2.05, 4.69) is 9.55 Å². The fourth-order valence-electron chi connectivity index (χ4n) is 2.42. The second-order valence-electron chi connectivity index (χ2n) is 4.80. The van der Waals surface area contributed by atoms with E-state index in [1.165, 1.54) is 0 Å². The molecular weight excluding hydrogens is 248 g/mol. The van der Waals surface area contributed by atoms with Crippen LogP contribution in [0.2, 0.25) is 0 Å². The molecule has 1 atom stereocenters. The van der Waals surface area contributed by atoms with Crippen molar-refractivity contribution in [2.45, 2.75) is 12.5 Å². The van der Waals surface area contributed by atoms with Crippen LogP contribution in [0.15, 0.2) is 60.9 Å². The smallest absolute Gasteiger partial charge is 0.1000 e. The van der Waals surface area contributed by atoms with Gasteiger partial charge in [-0.25, -0.2) is 4.98 Å². The molecule has 0 aliphatic rings. The van der Waals surface area contributed by atoms with Crippen LogP contribution in [0.1, 0.15) is 11.5 Å². The summed E-state index contributed by atoms with van der Waals surface area (Å²) in [5.41, 5.74) is 8.86. The fraction of sp³-hybridized carbons (Fsp3) is 0.125. The Kier molecular flexibility index (Phi) is 3.21. The Morgan fingerprint density at radius 1 is 1.10 bits per heavy atom. The molecule has 0 saturated carbocycles. The zero-order valence-corrected chi connectivity index (χ0v) is 11.0. The van der Waals surface area contributed by atoms with Crippen LogP contribution < -0.4 is 5.73 Å². The molecule has 0 amide bonds. The molecule has 0 aliphatic heterocycles. The van der Waals surface area contributed by atoms with Crippen LogP contribution in [0.25, 0.3) is 11.0 Å². The lowest BCUT2D eigenvalue weighted by Gasteiger charge is -2.17. The van der Waals surface area contributed by atoms with Crippen molar-refractivity contribution in [3.05, 3.63) is 66.5 Å². The number of hydrogen-bond acceptors (Lipinski definition) is 2. The van der Waals surface area contributed by atoms with E-state index in [1.54, 1.807) is 0 Å². The number of para-hydroxylation sites is 2. The van der Waals surface area contributed by atoms with Crippen LogP contribution in [0.5, 0.6) is 0 Å². The van der Waals surface area contributed by atoms with Gasteiger partial charge in [-0.1, -0.05) is 42.5 Å². The monoisotopic (exact) mass is 264 g/mol. The predicted octanol–water partition coefficient (Wildman–Crippen LogP) is 2.76. The minimum atomic E-state index is -0.131. The molecule has 2 aromatic carbocycles. The third-order valence-electron chi connectivity index (χ3n) is 3.48. The average Bonchev–Trinajstić information content (AvgIpc) is 2.88. The van der Waals surface area contributed by atoms with Gasteiger partial charge in [-0.05, 0) is 17.7 Å². The van der Waals surface area contributed by atoms with E-state index in [1.807, 2.05) is 60.9 Å². The van der Waals surface area contributed by atoms with Gasteiger partial charge in [-0.2, -0.15) is 0 Å². The van der Waals surface area contributed by atoms with Crippen molar-refractivity contribution in [1.29, 1.82) is 5.41 Å². The van der Waals surface area contributed by atoms with E-state index >= 15 is 0 Å². The largest absolute Gasteiger partial charge is 0.387 e. The van der Waals surface area contributed by atoms with Gasteiger partial charge in [0.05, 0.1) is 29.1 Å². The molecule has 100 valence electrons. The molecule has 1 heterocycles. The van der Waals surface area contributed by atoms with Crippen molar-refractivity contribution < 1.29 is 0 Å². The minimum absolute atomic E-state index is 0.131. The molecule has 0 saturated heterocycles. The number of hydrogen-bond donors (Lipinski definition) is 2. The van der Waals surface area contributed by atoms with Gasteiger partial charge < -0.3 is 10.3 Å². The van der Waals surface area contributed by atoms with Gasteiger partial charge in [0.25, 0.3) is 0 Å². The zero-order chi connectivity index (χ0) is 13.9. The van der Waals surface area contributed by atoms with E-state index in [0.29, 0.717) is 6.54 Å². The van der Waals surface area contributed by atoms with E-state index in [0.717, 1.165) is 16.6 Å². The normalized spacial score (nSPS) is 12.4. The summed E-state index contributed by atoms with van der Waals surface area (Å²) in [6, 6.07) is 17.9. The zero-order valence-electron chi connectivity index (χ0n) is 11.0. The number of amidine groups is 1. The fourth-order valence-corrected chi connectivity index (χ4v) is 2.42. The quantitative estimate of drug-likeness (QED) is 0.562. The van der Waals surface area contributed by atoms with Crippen molar-refractivity contribution in [2.75, 3.05) is 0 Å². The lowest BCUT2D eigenvalue weighted by Crippen LogP contribution is -2.24. The SMILES string of the molecule is N=C(N)C(Cn1cnc2ccccc21)c1ccccc1. The first-order valence-corrected chi connectivity index (χ1v) is 6.54. The summed E-state index contributed by atoms with van der Waals surface area (Å²) in [6.45, 7) is 0.625. The van der Waals surface area contributed by atoms with Crippen molar-refractivity contribution in [3.8, 4) is 0 Å². The summed E-state index contributed by atoms with van der Waals surface area (Å²) in [4.78, 5) is 4.38. The maximum absolute atomic E-state index is 7.84. The van der Waals surface area contributed by atoms with Gasteiger partial charge in [0.1, 0.15) is 0 Å². The van der Waals surface area contributed by atoms with Crippen molar-refractivity contribution in [3.63, 3.8) is 0 Å². The highest BCUT2D eigenvalue weighted by atomic mass is 15.0. The number of imidazole rings is 1. The molecule has 0 aliphatic carbocycles. The number of fused-ring (bicyclic) bond motifs is 1. The molecule has 20 heavy (non-hydrogen) atoms. The van der Waals surface area contributed by atoms with Crippen molar-refractivity contribution >= 4 is 16.9 Å². The van der Waals surface area contributed by atoms with Gasteiger partial charge in [-0.15, -0.1) is 0 Å². The molecular formula is C16H16N4. The standard InChI is InChI=1S/C16H16N4/c17-16(18)13(12-6-2-1-3-7-12)10-20-11-19-14-8-4-5-9-15(14)20/h1-9,11,13H,10H2,(H3,17,18). The van der Waals surface area contributed by atoms with Gasteiger partial charge >= 0.3 is 0 Å². The van der Waals surface area contributed by atoms with Crippen LogP contribution in [0.4, 0.5) is 0 Å². The average molecular weight is 264 g/mol. The van der Waals surface area contributed by atoms with Crippen LogP contribution in [0.3, 0.4) is 0 Å². The maximum atomic E-state index is 7.84. The molecule has 0 radical (unpaired) electrons. The lowest BCUT2D eigenvalue weighted by atomic mass is 9.98. The van der Waals surface area contributed by atoms with E-state index in [9.17, 15) is 0 Å². The molecule has 0 bridgehead atoms. The summed E-state index contributed by atoms with van der Waals surface area (Å²) >= 11 is 0. The predicted molar refractivity (Wildman–Crippen MR) is 80.8 cm³/mol. The van der Waals surface area contributed by atoms with Gasteiger partial charge in [0, 0.05) is 6.54 Å². The van der Waals surface area contributed by atoms with Crippen molar-refractivity contribution in [2.24, 2.45) is 5.73 Å². The van der Waals surface area contributed by atoms with Crippen LogP contribution in [-0.4, -0.2) is 15.4 Å². The van der Waals surface area contributed by atoms with E-state index in [-0.39, 0.29) is 11.8 Å². The number of nitrogens with two attached hydrogens (primary N) is 1. The first kappa shape index (κ1) is 12.4. The number of nitrogens with zero attached hydrogens (tertiary/aromatic N) is 2. The highest BCUT2D eigenvalue weighted by molar-refractivity contribution is 5.85. The Labute approximate surface area is 117 Å². The molecule has 4 nitrogen and oxygen atoms in total. The summed E-state index contributed by atoms with van der Waals surface area (Å²) in [5, 5.41) is 7.84. The molecule has 1 aromatic heterocycles. The Morgan fingerprint density at radius 2 is 1.80 bits per heavy atom. The molecule has 3 aromatic rings. The van der Waals surface area contributed by atoms with Crippen molar-refractivity contribution in [1.82, 2.24) is 9.55 Å². The Hall–Kier alpha value is -2.62. The second kappa shape index (κ2) is 5.17. The highest BCUT2D eigenvalue weighted by Gasteiger charge is 2.16. The second-order valence-corrected chi connectivity index (χ2v) is 4.80. The molecule has 0 spiro atoms. The van der Waals surface area contributed by atoms with Gasteiger partial charge in [0.2, 0.25) is 0 Å². The Morgan fingerprint density at radius 3 is 2.55 bits per heavy atom. The number of aromatic nitrogens is 2. The third kappa shape index (κ3) is 2.28. The summed E-state index contributed by atoms with van der Waals surface area (Å²) in [7, 11) is 0. The van der Waals surface area contributed by atoms with Crippen LogP contribution in [-0.2, 0) is 6.54 Å². The van der Waals surface area contributed by atoms with E-state index in [4.69, 9.17) is 11.1 Å². The Balaban J connectivity index is 1.97. The Bertz CT molecular complexity index is 730. The van der Waals surface area contributed by atoms with Gasteiger partial charge in [0.15, 0.2) is 0 Å².